The number of amides is 1. The third-order valence-electron chi connectivity index (χ3n) is 2.49. The van der Waals surface area contributed by atoms with E-state index in [0.717, 1.165) is 12.6 Å². The number of carbonyl (C=O) groups excluding carboxylic acids is 1. The molecule has 0 aromatic carbocycles. The van der Waals surface area contributed by atoms with Crippen LogP contribution in [0, 0.1) is 10.1 Å². The molecular formula is C10H12N4O4. The van der Waals surface area contributed by atoms with E-state index in [9.17, 15) is 14.9 Å². The molecule has 2 N–H and O–H groups in total. The summed E-state index contributed by atoms with van der Waals surface area (Å²) in [5, 5.41) is 10.4. The summed E-state index contributed by atoms with van der Waals surface area (Å²) in [7, 11) is 0. The van der Waals surface area contributed by atoms with E-state index in [1.54, 1.807) is 0 Å². The van der Waals surface area contributed by atoms with Crippen LogP contribution in [0.25, 0.3) is 0 Å². The Kier molecular flexibility index (Phi) is 3.68. The number of pyridine rings is 1. The van der Waals surface area contributed by atoms with Crippen molar-refractivity contribution < 1.29 is 14.5 Å². The zero-order valence-corrected chi connectivity index (χ0v) is 9.46. The fourth-order valence-electron chi connectivity index (χ4n) is 1.56. The van der Waals surface area contributed by atoms with E-state index in [2.05, 4.69) is 15.8 Å². The SMILES string of the molecule is O=C(NNc1ccc([N+](=O)[O-])cn1)C1CCCO1. The number of carbonyl (C=O) groups is 1. The predicted octanol–water partition coefficient (Wildman–Crippen LogP) is 0.612. The molecule has 1 atom stereocenters. The number of hydrogen-bond donors (Lipinski definition) is 2. The smallest absolute Gasteiger partial charge is 0.287 e. The summed E-state index contributed by atoms with van der Waals surface area (Å²) in [5.74, 6) is 0.0552. The Hall–Kier alpha value is -2.22. The summed E-state index contributed by atoms with van der Waals surface area (Å²) in [6.45, 7) is 0.591. The van der Waals surface area contributed by atoms with E-state index < -0.39 is 11.0 Å². The quantitative estimate of drug-likeness (QED) is 0.600. The van der Waals surface area contributed by atoms with Gasteiger partial charge in [-0.25, -0.2) is 4.98 Å². The third-order valence-corrected chi connectivity index (χ3v) is 2.49. The molecule has 1 aliphatic heterocycles. The van der Waals surface area contributed by atoms with Crippen LogP contribution < -0.4 is 10.9 Å². The number of nitrogens with one attached hydrogen (secondary N) is 2. The Balaban J connectivity index is 1.86. The summed E-state index contributed by atoms with van der Waals surface area (Å²) in [6, 6.07) is 2.71. The molecule has 1 amide bonds. The van der Waals surface area contributed by atoms with Crippen LogP contribution in [0.15, 0.2) is 18.3 Å². The van der Waals surface area contributed by atoms with Crippen molar-refractivity contribution in [3.8, 4) is 0 Å². The fraction of sp³-hybridized carbons (Fsp3) is 0.400. The minimum atomic E-state index is -0.540. The predicted molar refractivity (Wildman–Crippen MR) is 61.6 cm³/mol. The normalized spacial score (nSPS) is 18.3. The Morgan fingerprint density at radius 3 is 2.94 bits per heavy atom. The molecule has 0 aliphatic carbocycles. The second-order valence-corrected chi connectivity index (χ2v) is 3.77. The lowest BCUT2D eigenvalue weighted by Crippen LogP contribution is -2.38. The first kappa shape index (κ1) is 12.2. The first-order chi connectivity index (χ1) is 8.66. The maximum atomic E-state index is 11.6. The molecule has 0 bridgehead atoms. The van der Waals surface area contributed by atoms with Crippen LogP contribution in [0.2, 0.25) is 0 Å². The number of nitro groups is 1. The summed E-state index contributed by atoms with van der Waals surface area (Å²) in [5.41, 5.74) is 4.91. The summed E-state index contributed by atoms with van der Waals surface area (Å²) in [6.07, 6.45) is 2.24. The van der Waals surface area contributed by atoms with Gasteiger partial charge in [0.1, 0.15) is 18.1 Å². The van der Waals surface area contributed by atoms with Crippen molar-refractivity contribution in [3.63, 3.8) is 0 Å². The largest absolute Gasteiger partial charge is 0.368 e. The van der Waals surface area contributed by atoms with Gasteiger partial charge in [-0.05, 0) is 18.9 Å². The number of nitrogens with zero attached hydrogens (tertiary/aromatic N) is 2. The first-order valence-electron chi connectivity index (χ1n) is 5.45. The maximum Gasteiger partial charge on any atom is 0.287 e. The zero-order chi connectivity index (χ0) is 13.0. The van der Waals surface area contributed by atoms with E-state index >= 15 is 0 Å². The molecule has 96 valence electrons. The highest BCUT2D eigenvalue weighted by molar-refractivity contribution is 5.81. The lowest BCUT2D eigenvalue weighted by molar-refractivity contribution is -0.385. The van der Waals surface area contributed by atoms with E-state index in [1.807, 2.05) is 0 Å². The molecule has 2 rings (SSSR count). The summed E-state index contributed by atoms with van der Waals surface area (Å²) < 4.78 is 5.19. The molecular weight excluding hydrogens is 240 g/mol. The van der Waals surface area contributed by atoms with Crippen LogP contribution in [0.1, 0.15) is 12.8 Å². The van der Waals surface area contributed by atoms with Crippen molar-refractivity contribution in [2.75, 3.05) is 12.0 Å². The van der Waals surface area contributed by atoms with Gasteiger partial charge >= 0.3 is 0 Å². The minimum absolute atomic E-state index is 0.106. The van der Waals surface area contributed by atoms with Gasteiger partial charge in [0, 0.05) is 12.7 Å². The highest BCUT2D eigenvalue weighted by Crippen LogP contribution is 2.13. The Morgan fingerprint density at radius 1 is 1.56 bits per heavy atom. The molecule has 1 aromatic rings. The molecule has 1 fully saturated rings. The van der Waals surface area contributed by atoms with Crippen LogP contribution in [0.4, 0.5) is 11.5 Å². The average Bonchev–Trinajstić information content (AvgIpc) is 2.90. The molecule has 0 radical (unpaired) electrons. The van der Waals surface area contributed by atoms with Gasteiger partial charge in [0.05, 0.1) is 4.92 Å². The van der Waals surface area contributed by atoms with Crippen LogP contribution in [-0.2, 0) is 9.53 Å². The van der Waals surface area contributed by atoms with Gasteiger partial charge in [-0.15, -0.1) is 0 Å². The Bertz CT molecular complexity index is 442. The van der Waals surface area contributed by atoms with Crippen molar-refractivity contribution >= 4 is 17.4 Å². The van der Waals surface area contributed by atoms with Crippen molar-refractivity contribution in [3.05, 3.63) is 28.4 Å². The van der Waals surface area contributed by atoms with Crippen LogP contribution in [0.3, 0.4) is 0 Å². The topological polar surface area (TPSA) is 106 Å². The van der Waals surface area contributed by atoms with Gasteiger partial charge in [0.25, 0.3) is 11.6 Å². The van der Waals surface area contributed by atoms with Crippen molar-refractivity contribution in [1.29, 1.82) is 0 Å². The van der Waals surface area contributed by atoms with Crippen molar-refractivity contribution in [1.82, 2.24) is 10.4 Å². The number of anilines is 1. The minimum Gasteiger partial charge on any atom is -0.368 e. The van der Waals surface area contributed by atoms with Gasteiger partial charge in [0.2, 0.25) is 0 Å². The van der Waals surface area contributed by atoms with Gasteiger partial charge in [-0.3, -0.25) is 25.8 Å². The lowest BCUT2D eigenvalue weighted by atomic mass is 10.2. The second-order valence-electron chi connectivity index (χ2n) is 3.77. The molecule has 1 unspecified atom stereocenters. The number of ether oxygens (including phenoxy) is 1. The van der Waals surface area contributed by atoms with Crippen LogP contribution >= 0.6 is 0 Å². The monoisotopic (exact) mass is 252 g/mol. The van der Waals surface area contributed by atoms with E-state index in [1.165, 1.54) is 12.1 Å². The second kappa shape index (κ2) is 5.41. The van der Waals surface area contributed by atoms with Crippen LogP contribution in [0.5, 0.6) is 0 Å². The standard InChI is InChI=1S/C10H12N4O4/c15-10(8-2-1-5-18-8)13-12-9-4-3-7(6-11-9)14(16)17/h3-4,6,8H,1-2,5H2,(H,11,12)(H,13,15). The molecule has 1 aromatic heterocycles. The molecule has 18 heavy (non-hydrogen) atoms. The highest BCUT2D eigenvalue weighted by atomic mass is 16.6. The Labute approximate surface area is 102 Å². The number of aromatic nitrogens is 1. The summed E-state index contributed by atoms with van der Waals surface area (Å²) in [4.78, 5) is 25.2. The number of rotatable bonds is 4. The van der Waals surface area contributed by atoms with E-state index in [-0.39, 0.29) is 11.6 Å². The van der Waals surface area contributed by atoms with Crippen molar-refractivity contribution in [2.45, 2.75) is 18.9 Å². The fourth-order valence-corrected chi connectivity index (χ4v) is 1.56. The van der Waals surface area contributed by atoms with Crippen molar-refractivity contribution in [2.24, 2.45) is 0 Å². The molecule has 2 heterocycles. The lowest BCUT2D eigenvalue weighted by Gasteiger charge is -2.11. The first-order valence-corrected chi connectivity index (χ1v) is 5.45. The Morgan fingerprint density at radius 2 is 2.39 bits per heavy atom. The number of hydrazine groups is 1. The molecule has 1 saturated heterocycles. The third kappa shape index (κ3) is 2.92. The zero-order valence-electron chi connectivity index (χ0n) is 9.46. The van der Waals surface area contributed by atoms with Gasteiger partial charge in [-0.1, -0.05) is 0 Å². The van der Waals surface area contributed by atoms with E-state index in [0.29, 0.717) is 18.8 Å². The highest BCUT2D eigenvalue weighted by Gasteiger charge is 2.23. The van der Waals surface area contributed by atoms with Gasteiger partial charge in [-0.2, -0.15) is 0 Å². The van der Waals surface area contributed by atoms with Crippen LogP contribution in [-0.4, -0.2) is 28.5 Å². The molecule has 0 saturated carbocycles. The molecule has 8 heteroatoms. The number of hydrogen-bond acceptors (Lipinski definition) is 6. The molecule has 0 spiro atoms. The average molecular weight is 252 g/mol. The van der Waals surface area contributed by atoms with E-state index in [4.69, 9.17) is 4.74 Å². The molecule has 1 aliphatic rings. The molecule has 8 nitrogen and oxygen atoms in total. The maximum absolute atomic E-state index is 11.6. The van der Waals surface area contributed by atoms with Gasteiger partial charge < -0.3 is 4.74 Å². The summed E-state index contributed by atoms with van der Waals surface area (Å²) >= 11 is 0. The van der Waals surface area contributed by atoms with Gasteiger partial charge in [0.15, 0.2) is 0 Å².